The molecule has 0 saturated carbocycles. The van der Waals surface area contributed by atoms with Gasteiger partial charge in [0.25, 0.3) is 0 Å². The summed E-state index contributed by atoms with van der Waals surface area (Å²) in [6, 6.07) is 4.27. The number of rotatable bonds is 6. The van der Waals surface area contributed by atoms with Gasteiger partial charge in [-0.3, -0.25) is 0 Å². The first-order valence-corrected chi connectivity index (χ1v) is 6.85. The highest BCUT2D eigenvalue weighted by Crippen LogP contribution is 2.26. The highest BCUT2D eigenvalue weighted by Gasteiger charge is 2.07. The minimum atomic E-state index is 0.637. The van der Waals surface area contributed by atoms with E-state index in [1.165, 1.54) is 16.7 Å². The smallest absolute Gasteiger partial charge is 0.125 e. The molecular formula is C15H23ClO. The van der Waals surface area contributed by atoms with Crippen LogP contribution in [0.4, 0.5) is 0 Å². The summed E-state index contributed by atoms with van der Waals surface area (Å²) < 4.78 is 5.92. The molecule has 0 amide bonds. The van der Waals surface area contributed by atoms with E-state index < -0.39 is 0 Å². The Morgan fingerprint density at radius 1 is 1.12 bits per heavy atom. The Morgan fingerprint density at radius 3 is 2.41 bits per heavy atom. The molecule has 0 heterocycles. The van der Waals surface area contributed by atoms with E-state index in [0.29, 0.717) is 5.92 Å². The van der Waals surface area contributed by atoms with Crippen molar-refractivity contribution in [3.8, 4) is 5.75 Å². The second-order valence-corrected chi connectivity index (χ2v) is 5.25. The zero-order chi connectivity index (χ0) is 12.8. The summed E-state index contributed by atoms with van der Waals surface area (Å²) in [4.78, 5) is 0. The number of halogens is 1. The molecule has 1 rings (SSSR count). The summed E-state index contributed by atoms with van der Waals surface area (Å²) in [5.41, 5.74) is 3.77. The predicted octanol–water partition coefficient (Wildman–Crippen LogP) is 4.65. The summed E-state index contributed by atoms with van der Waals surface area (Å²) >= 11 is 5.72. The van der Waals surface area contributed by atoms with Crippen molar-refractivity contribution in [1.29, 1.82) is 0 Å². The summed E-state index contributed by atoms with van der Waals surface area (Å²) in [5, 5.41) is 0. The zero-order valence-electron chi connectivity index (χ0n) is 11.3. The highest BCUT2D eigenvalue weighted by molar-refractivity contribution is 6.17. The lowest BCUT2D eigenvalue weighted by molar-refractivity contribution is 0.278. The third kappa shape index (κ3) is 4.23. The van der Waals surface area contributed by atoms with Crippen molar-refractivity contribution in [3.05, 3.63) is 28.8 Å². The predicted molar refractivity (Wildman–Crippen MR) is 75.3 cm³/mol. The number of hydrogen-bond acceptors (Lipinski definition) is 1. The Hall–Kier alpha value is -0.690. The van der Waals surface area contributed by atoms with Gasteiger partial charge in [0.05, 0.1) is 6.61 Å². The van der Waals surface area contributed by atoms with Gasteiger partial charge in [0.15, 0.2) is 0 Å². The average Bonchev–Trinajstić information content (AvgIpc) is 2.29. The molecule has 2 heteroatoms. The van der Waals surface area contributed by atoms with Gasteiger partial charge in [-0.05, 0) is 56.2 Å². The van der Waals surface area contributed by atoms with Crippen molar-refractivity contribution in [2.75, 3.05) is 12.5 Å². The second-order valence-electron chi connectivity index (χ2n) is 4.87. The fourth-order valence-corrected chi connectivity index (χ4v) is 2.21. The maximum atomic E-state index is 5.92. The number of ether oxygens (including phenoxy) is 1. The van der Waals surface area contributed by atoms with E-state index in [9.17, 15) is 0 Å². The molecule has 1 nitrogen and oxygen atoms in total. The van der Waals surface area contributed by atoms with Crippen molar-refractivity contribution in [2.45, 2.75) is 40.5 Å². The van der Waals surface area contributed by atoms with Gasteiger partial charge in [-0.2, -0.15) is 0 Å². The van der Waals surface area contributed by atoms with Gasteiger partial charge in [-0.25, -0.2) is 0 Å². The monoisotopic (exact) mass is 254 g/mol. The van der Waals surface area contributed by atoms with Crippen molar-refractivity contribution < 1.29 is 4.74 Å². The number of alkyl halides is 1. The Morgan fingerprint density at radius 2 is 1.76 bits per heavy atom. The lowest BCUT2D eigenvalue weighted by Gasteiger charge is -2.15. The average molecular weight is 255 g/mol. The largest absolute Gasteiger partial charge is 0.493 e. The molecule has 0 aromatic heterocycles. The van der Waals surface area contributed by atoms with Crippen LogP contribution in [-0.4, -0.2) is 12.5 Å². The summed E-state index contributed by atoms with van der Waals surface area (Å²) in [5.74, 6) is 2.44. The van der Waals surface area contributed by atoms with Crippen LogP contribution in [0.2, 0.25) is 0 Å². The number of aryl methyl sites for hydroxylation is 2. The van der Waals surface area contributed by atoms with E-state index in [4.69, 9.17) is 16.3 Å². The molecule has 17 heavy (non-hydrogen) atoms. The Labute approximate surface area is 110 Å². The molecule has 1 aromatic rings. The topological polar surface area (TPSA) is 9.23 Å². The van der Waals surface area contributed by atoms with Crippen molar-refractivity contribution >= 4 is 11.6 Å². The molecule has 0 aliphatic carbocycles. The van der Waals surface area contributed by atoms with Gasteiger partial charge in [0.2, 0.25) is 0 Å². The fraction of sp³-hybridized carbons (Fsp3) is 0.600. The van der Waals surface area contributed by atoms with Crippen molar-refractivity contribution in [2.24, 2.45) is 5.92 Å². The standard InChI is InChI=1S/C15H23ClO/c1-11(7-9-16)8-10-17-15-13(3)6-5-12(2)14(15)4/h5-6,11H,7-10H2,1-4H3. The van der Waals surface area contributed by atoms with E-state index in [1.807, 2.05) is 0 Å². The quantitative estimate of drug-likeness (QED) is 0.672. The minimum absolute atomic E-state index is 0.637. The van der Waals surface area contributed by atoms with Crippen LogP contribution < -0.4 is 4.74 Å². The van der Waals surface area contributed by atoms with Crippen LogP contribution in [0, 0.1) is 26.7 Å². The molecule has 0 radical (unpaired) electrons. The fourth-order valence-electron chi connectivity index (χ4n) is 1.84. The second kappa shape index (κ2) is 6.90. The maximum Gasteiger partial charge on any atom is 0.125 e. The SMILES string of the molecule is Cc1ccc(C)c(OCCC(C)CCCl)c1C. The van der Waals surface area contributed by atoms with E-state index in [2.05, 4.69) is 39.8 Å². The Bertz CT molecular complexity index is 360. The lowest BCUT2D eigenvalue weighted by atomic mass is 10.0. The van der Waals surface area contributed by atoms with Gasteiger partial charge >= 0.3 is 0 Å². The maximum absolute atomic E-state index is 5.92. The first kappa shape index (κ1) is 14.4. The summed E-state index contributed by atoms with van der Waals surface area (Å²) in [6.07, 6.45) is 2.14. The molecule has 0 bridgehead atoms. The van der Waals surface area contributed by atoms with E-state index in [1.54, 1.807) is 0 Å². The van der Waals surface area contributed by atoms with Crippen LogP contribution in [0.15, 0.2) is 12.1 Å². The van der Waals surface area contributed by atoms with Crippen molar-refractivity contribution in [3.63, 3.8) is 0 Å². The molecule has 96 valence electrons. The highest BCUT2D eigenvalue weighted by atomic mass is 35.5. The minimum Gasteiger partial charge on any atom is -0.493 e. The number of benzene rings is 1. The third-order valence-corrected chi connectivity index (χ3v) is 3.55. The molecule has 0 aliphatic rings. The van der Waals surface area contributed by atoms with Crippen LogP contribution in [0.25, 0.3) is 0 Å². The Kier molecular flexibility index (Phi) is 5.84. The van der Waals surface area contributed by atoms with E-state index in [-0.39, 0.29) is 0 Å². The van der Waals surface area contributed by atoms with Crippen LogP contribution in [0.5, 0.6) is 5.75 Å². The molecule has 1 atom stereocenters. The van der Waals surface area contributed by atoms with Crippen LogP contribution in [0.1, 0.15) is 36.5 Å². The van der Waals surface area contributed by atoms with Crippen LogP contribution in [0.3, 0.4) is 0 Å². The third-order valence-electron chi connectivity index (χ3n) is 3.33. The van der Waals surface area contributed by atoms with Crippen LogP contribution >= 0.6 is 11.6 Å². The molecule has 0 fully saturated rings. The van der Waals surface area contributed by atoms with Gasteiger partial charge in [-0.1, -0.05) is 19.1 Å². The summed E-state index contributed by atoms with van der Waals surface area (Å²) in [7, 11) is 0. The zero-order valence-corrected chi connectivity index (χ0v) is 12.1. The van der Waals surface area contributed by atoms with Gasteiger partial charge in [-0.15, -0.1) is 11.6 Å². The summed E-state index contributed by atoms with van der Waals surface area (Å²) in [6.45, 7) is 9.35. The van der Waals surface area contributed by atoms with Gasteiger partial charge in [0, 0.05) is 5.88 Å². The van der Waals surface area contributed by atoms with Crippen LogP contribution in [-0.2, 0) is 0 Å². The molecule has 0 N–H and O–H groups in total. The molecular weight excluding hydrogens is 232 g/mol. The first-order valence-electron chi connectivity index (χ1n) is 6.31. The lowest BCUT2D eigenvalue weighted by Crippen LogP contribution is -2.06. The van der Waals surface area contributed by atoms with Crippen molar-refractivity contribution in [1.82, 2.24) is 0 Å². The Balaban J connectivity index is 2.55. The van der Waals surface area contributed by atoms with Gasteiger partial charge in [0.1, 0.15) is 5.75 Å². The molecule has 0 spiro atoms. The number of hydrogen-bond donors (Lipinski definition) is 0. The molecule has 0 aliphatic heterocycles. The normalized spacial score (nSPS) is 12.5. The first-order chi connectivity index (χ1) is 8.06. The van der Waals surface area contributed by atoms with E-state index in [0.717, 1.165) is 31.1 Å². The van der Waals surface area contributed by atoms with Gasteiger partial charge < -0.3 is 4.74 Å². The van der Waals surface area contributed by atoms with E-state index >= 15 is 0 Å². The molecule has 0 saturated heterocycles. The molecule has 1 unspecified atom stereocenters. The molecule has 1 aromatic carbocycles.